The van der Waals surface area contributed by atoms with Gasteiger partial charge in [-0.05, 0) is 40.3 Å². The number of carboxylic acid groups (broad SMARTS) is 1. The van der Waals surface area contributed by atoms with Gasteiger partial charge in [0, 0.05) is 16.4 Å². The molecule has 0 spiro atoms. The van der Waals surface area contributed by atoms with Crippen LogP contribution in [0.3, 0.4) is 0 Å². The van der Waals surface area contributed by atoms with E-state index in [1.807, 2.05) is 24.3 Å². The number of ketones is 1. The number of hydrogen-bond donors (Lipinski definition) is 1. The third kappa shape index (κ3) is 4.30. The predicted octanol–water partition coefficient (Wildman–Crippen LogP) is 2.51. The van der Waals surface area contributed by atoms with Crippen LogP contribution in [0, 0.1) is 9.49 Å². The van der Waals surface area contributed by atoms with Gasteiger partial charge in [-0.25, -0.2) is 0 Å². The van der Waals surface area contributed by atoms with Crippen LogP contribution in [0.4, 0.5) is 0 Å². The SMILES string of the molecule is CC(CC(=O)Cc1ccc(I)cc1)C(=O)O. The number of halogens is 1. The van der Waals surface area contributed by atoms with Gasteiger partial charge in [0.15, 0.2) is 0 Å². The van der Waals surface area contributed by atoms with E-state index < -0.39 is 11.9 Å². The summed E-state index contributed by atoms with van der Waals surface area (Å²) in [5.74, 6) is -1.55. The third-order valence-corrected chi connectivity index (χ3v) is 2.99. The topological polar surface area (TPSA) is 54.4 Å². The number of hydrogen-bond acceptors (Lipinski definition) is 2. The Bertz CT molecular complexity index is 384. The molecule has 0 saturated heterocycles. The van der Waals surface area contributed by atoms with E-state index in [9.17, 15) is 9.59 Å². The lowest BCUT2D eigenvalue weighted by Crippen LogP contribution is -2.15. The minimum Gasteiger partial charge on any atom is -0.481 e. The van der Waals surface area contributed by atoms with Crippen molar-refractivity contribution < 1.29 is 14.7 Å². The van der Waals surface area contributed by atoms with Crippen LogP contribution in [0.2, 0.25) is 0 Å². The van der Waals surface area contributed by atoms with Crippen molar-refractivity contribution in [3.05, 3.63) is 33.4 Å². The molecule has 0 bridgehead atoms. The molecule has 1 aromatic carbocycles. The summed E-state index contributed by atoms with van der Waals surface area (Å²) in [5, 5.41) is 8.68. The first-order valence-corrected chi connectivity index (χ1v) is 6.06. The number of benzene rings is 1. The maximum absolute atomic E-state index is 11.5. The predicted molar refractivity (Wildman–Crippen MR) is 69.3 cm³/mol. The van der Waals surface area contributed by atoms with Crippen molar-refractivity contribution in [3.63, 3.8) is 0 Å². The van der Waals surface area contributed by atoms with Crippen molar-refractivity contribution in [2.75, 3.05) is 0 Å². The average Bonchev–Trinajstić information content (AvgIpc) is 2.21. The van der Waals surface area contributed by atoms with Gasteiger partial charge in [-0.3, -0.25) is 9.59 Å². The molecule has 4 heteroatoms. The molecule has 0 saturated carbocycles. The molecule has 16 heavy (non-hydrogen) atoms. The Labute approximate surface area is 108 Å². The molecule has 0 aliphatic carbocycles. The van der Waals surface area contributed by atoms with Crippen molar-refractivity contribution in [1.82, 2.24) is 0 Å². The summed E-state index contributed by atoms with van der Waals surface area (Å²) >= 11 is 2.20. The lowest BCUT2D eigenvalue weighted by molar-refractivity contribution is -0.143. The zero-order valence-electron chi connectivity index (χ0n) is 8.94. The Balaban J connectivity index is 2.52. The van der Waals surface area contributed by atoms with Crippen molar-refractivity contribution >= 4 is 34.3 Å². The monoisotopic (exact) mass is 332 g/mol. The maximum Gasteiger partial charge on any atom is 0.306 e. The molecule has 1 aromatic rings. The molecule has 1 unspecified atom stereocenters. The Kier molecular flexibility index (Phi) is 4.92. The van der Waals surface area contributed by atoms with Gasteiger partial charge in [-0.1, -0.05) is 19.1 Å². The summed E-state index contributed by atoms with van der Waals surface area (Å²) in [6.07, 6.45) is 0.413. The van der Waals surface area contributed by atoms with Crippen LogP contribution in [-0.4, -0.2) is 16.9 Å². The minimum atomic E-state index is -0.920. The molecular weight excluding hydrogens is 319 g/mol. The van der Waals surface area contributed by atoms with Gasteiger partial charge in [0.25, 0.3) is 0 Å². The highest BCUT2D eigenvalue weighted by Gasteiger charge is 2.15. The van der Waals surface area contributed by atoms with Gasteiger partial charge in [0.05, 0.1) is 5.92 Å². The summed E-state index contributed by atoms with van der Waals surface area (Å²) in [6, 6.07) is 7.66. The fraction of sp³-hybridized carbons (Fsp3) is 0.333. The molecule has 3 nitrogen and oxygen atoms in total. The second-order valence-corrected chi connectivity index (χ2v) is 5.03. The smallest absolute Gasteiger partial charge is 0.306 e. The normalized spacial score (nSPS) is 12.1. The average molecular weight is 332 g/mol. The quantitative estimate of drug-likeness (QED) is 0.843. The first-order chi connectivity index (χ1) is 7.49. The molecule has 0 aromatic heterocycles. The molecule has 0 aliphatic heterocycles. The van der Waals surface area contributed by atoms with Gasteiger partial charge in [0.2, 0.25) is 0 Å². The van der Waals surface area contributed by atoms with E-state index in [0.29, 0.717) is 6.42 Å². The molecule has 0 amide bonds. The maximum atomic E-state index is 11.5. The number of Topliss-reactive ketones (excluding diaryl/α,β-unsaturated/α-hetero) is 1. The summed E-state index contributed by atoms with van der Waals surface area (Å²) in [5.41, 5.74) is 0.933. The lowest BCUT2D eigenvalue weighted by Gasteiger charge is -2.05. The van der Waals surface area contributed by atoms with E-state index in [1.165, 1.54) is 0 Å². The zero-order chi connectivity index (χ0) is 12.1. The minimum absolute atomic E-state index is 0.0314. The molecule has 0 heterocycles. The summed E-state index contributed by atoms with van der Waals surface area (Å²) in [6.45, 7) is 1.55. The first kappa shape index (κ1) is 13.2. The van der Waals surface area contributed by atoms with Gasteiger partial charge < -0.3 is 5.11 Å². The molecule has 86 valence electrons. The van der Waals surface area contributed by atoms with Gasteiger partial charge in [-0.15, -0.1) is 0 Å². The Morgan fingerprint density at radius 2 is 1.88 bits per heavy atom. The van der Waals surface area contributed by atoms with Gasteiger partial charge >= 0.3 is 5.97 Å². The molecular formula is C12H13IO3. The van der Waals surface area contributed by atoms with Crippen LogP contribution in [-0.2, 0) is 16.0 Å². The molecule has 0 aliphatic rings. The highest BCUT2D eigenvalue weighted by atomic mass is 127. The summed E-state index contributed by atoms with van der Waals surface area (Å²) in [7, 11) is 0. The second-order valence-electron chi connectivity index (χ2n) is 3.79. The molecule has 1 rings (SSSR count). The van der Waals surface area contributed by atoms with Gasteiger partial charge in [-0.2, -0.15) is 0 Å². The highest BCUT2D eigenvalue weighted by Crippen LogP contribution is 2.10. The van der Waals surface area contributed by atoms with Gasteiger partial charge in [0.1, 0.15) is 5.78 Å². The second kappa shape index (κ2) is 5.98. The van der Waals surface area contributed by atoms with Crippen LogP contribution in [0.15, 0.2) is 24.3 Å². The van der Waals surface area contributed by atoms with E-state index in [1.54, 1.807) is 6.92 Å². The molecule has 1 atom stereocenters. The number of aliphatic carboxylic acids is 1. The number of carbonyl (C=O) groups is 2. The van der Waals surface area contributed by atoms with Crippen LogP contribution >= 0.6 is 22.6 Å². The van der Waals surface area contributed by atoms with Crippen LogP contribution in [0.25, 0.3) is 0 Å². The molecule has 0 radical (unpaired) electrons. The van der Waals surface area contributed by atoms with E-state index >= 15 is 0 Å². The Morgan fingerprint density at radius 1 is 1.31 bits per heavy atom. The van der Waals surface area contributed by atoms with Crippen LogP contribution in [0.5, 0.6) is 0 Å². The van der Waals surface area contributed by atoms with Crippen molar-refractivity contribution in [3.8, 4) is 0 Å². The highest BCUT2D eigenvalue weighted by molar-refractivity contribution is 14.1. The van der Waals surface area contributed by atoms with Crippen molar-refractivity contribution in [1.29, 1.82) is 0 Å². The Hall–Kier alpha value is -0.910. The summed E-state index contributed by atoms with van der Waals surface area (Å²) < 4.78 is 1.12. The largest absolute Gasteiger partial charge is 0.481 e. The zero-order valence-corrected chi connectivity index (χ0v) is 11.1. The fourth-order valence-electron chi connectivity index (χ4n) is 1.33. The number of rotatable bonds is 5. The molecule has 1 N–H and O–H groups in total. The van der Waals surface area contributed by atoms with Crippen LogP contribution in [0.1, 0.15) is 18.9 Å². The summed E-state index contributed by atoms with van der Waals surface area (Å²) in [4.78, 5) is 22.1. The Morgan fingerprint density at radius 3 is 2.38 bits per heavy atom. The first-order valence-electron chi connectivity index (χ1n) is 4.98. The van der Waals surface area contributed by atoms with Crippen LogP contribution < -0.4 is 0 Å². The standard InChI is InChI=1S/C12H13IO3/c1-8(12(15)16)6-11(14)7-9-2-4-10(13)5-3-9/h2-5,8H,6-7H2,1H3,(H,15,16). The van der Waals surface area contributed by atoms with Crippen molar-refractivity contribution in [2.24, 2.45) is 5.92 Å². The third-order valence-electron chi connectivity index (χ3n) is 2.27. The van der Waals surface area contributed by atoms with Crippen molar-refractivity contribution in [2.45, 2.75) is 19.8 Å². The molecule has 0 fully saturated rings. The lowest BCUT2D eigenvalue weighted by atomic mass is 10.00. The van der Waals surface area contributed by atoms with E-state index in [2.05, 4.69) is 22.6 Å². The van der Waals surface area contributed by atoms with E-state index in [0.717, 1.165) is 9.13 Å². The fourth-order valence-corrected chi connectivity index (χ4v) is 1.69. The van der Waals surface area contributed by atoms with E-state index in [-0.39, 0.29) is 12.2 Å². The van der Waals surface area contributed by atoms with E-state index in [4.69, 9.17) is 5.11 Å². The number of carbonyl (C=O) groups excluding carboxylic acids is 1. The number of carboxylic acids is 1.